The predicted molar refractivity (Wildman–Crippen MR) is 57.6 cm³/mol. The summed E-state index contributed by atoms with van der Waals surface area (Å²) >= 11 is 0. The normalized spacial score (nSPS) is 10.7. The second-order valence-electron chi connectivity index (χ2n) is 3.39. The summed E-state index contributed by atoms with van der Waals surface area (Å²) in [6, 6.07) is 8.52. The Bertz CT molecular complexity index is 389. The molecule has 0 spiro atoms. The van der Waals surface area contributed by atoms with E-state index in [2.05, 4.69) is 11.9 Å². The van der Waals surface area contributed by atoms with Gasteiger partial charge in [-0.1, -0.05) is 19.1 Å². The van der Waals surface area contributed by atoms with Gasteiger partial charge in [-0.15, -0.1) is 0 Å². The van der Waals surface area contributed by atoms with Crippen LogP contribution in [0.1, 0.15) is 13.3 Å². The largest absolute Gasteiger partial charge is 0.423 e. The molecule has 0 aliphatic heterocycles. The van der Waals surface area contributed by atoms with Crippen molar-refractivity contribution in [1.82, 2.24) is 4.98 Å². The molecular formula is C11H14N2O. The van der Waals surface area contributed by atoms with E-state index in [1.54, 1.807) is 0 Å². The fourth-order valence-electron chi connectivity index (χ4n) is 1.45. The molecule has 0 amide bonds. The number of aromatic nitrogens is 1. The third kappa shape index (κ3) is 1.58. The Morgan fingerprint density at radius 3 is 2.86 bits per heavy atom. The number of benzene rings is 1. The molecule has 0 N–H and O–H groups in total. The van der Waals surface area contributed by atoms with Crippen LogP contribution in [0, 0.1) is 0 Å². The van der Waals surface area contributed by atoms with Gasteiger partial charge in [-0.3, -0.25) is 0 Å². The molecule has 0 atom stereocenters. The second kappa shape index (κ2) is 3.70. The maximum Gasteiger partial charge on any atom is 0.298 e. The number of para-hydroxylation sites is 2. The lowest BCUT2D eigenvalue weighted by molar-refractivity contribution is 0.581. The van der Waals surface area contributed by atoms with Crippen molar-refractivity contribution < 1.29 is 4.42 Å². The first-order chi connectivity index (χ1) is 6.81. The molecule has 1 aromatic carbocycles. The standard InChI is InChI=1S/C11H14N2O/c1-3-8-13(2)11-12-9-6-4-5-7-10(9)14-11/h4-7H,3,8H2,1-2H3. The molecule has 14 heavy (non-hydrogen) atoms. The topological polar surface area (TPSA) is 29.3 Å². The van der Waals surface area contributed by atoms with E-state index in [0.717, 1.165) is 24.1 Å². The van der Waals surface area contributed by atoms with Gasteiger partial charge in [-0.05, 0) is 18.6 Å². The number of hydrogen-bond acceptors (Lipinski definition) is 3. The van der Waals surface area contributed by atoms with Crippen molar-refractivity contribution >= 4 is 17.1 Å². The van der Waals surface area contributed by atoms with Crippen LogP contribution in [0.3, 0.4) is 0 Å². The van der Waals surface area contributed by atoms with Crippen molar-refractivity contribution in [2.24, 2.45) is 0 Å². The van der Waals surface area contributed by atoms with E-state index in [9.17, 15) is 0 Å². The summed E-state index contributed by atoms with van der Waals surface area (Å²) < 4.78 is 5.60. The summed E-state index contributed by atoms with van der Waals surface area (Å²) in [5.41, 5.74) is 1.77. The lowest BCUT2D eigenvalue weighted by Crippen LogP contribution is -2.17. The molecule has 0 saturated carbocycles. The number of hydrogen-bond donors (Lipinski definition) is 0. The van der Waals surface area contributed by atoms with Gasteiger partial charge in [0.1, 0.15) is 5.52 Å². The molecule has 0 unspecified atom stereocenters. The van der Waals surface area contributed by atoms with Crippen molar-refractivity contribution in [3.8, 4) is 0 Å². The van der Waals surface area contributed by atoms with Crippen LogP contribution in [-0.2, 0) is 0 Å². The molecule has 2 rings (SSSR count). The van der Waals surface area contributed by atoms with Crippen LogP contribution in [0.4, 0.5) is 6.01 Å². The molecule has 74 valence electrons. The van der Waals surface area contributed by atoms with Gasteiger partial charge in [-0.2, -0.15) is 4.98 Å². The highest BCUT2D eigenvalue weighted by Gasteiger charge is 2.08. The number of rotatable bonds is 3. The van der Waals surface area contributed by atoms with Gasteiger partial charge < -0.3 is 9.32 Å². The molecule has 0 fully saturated rings. The van der Waals surface area contributed by atoms with Crippen LogP contribution in [-0.4, -0.2) is 18.6 Å². The van der Waals surface area contributed by atoms with Crippen molar-refractivity contribution in [3.63, 3.8) is 0 Å². The highest BCUT2D eigenvalue weighted by atomic mass is 16.4. The zero-order valence-electron chi connectivity index (χ0n) is 8.53. The lowest BCUT2D eigenvalue weighted by atomic mass is 10.3. The minimum Gasteiger partial charge on any atom is -0.423 e. The highest BCUT2D eigenvalue weighted by Crippen LogP contribution is 2.20. The second-order valence-corrected chi connectivity index (χ2v) is 3.39. The van der Waals surface area contributed by atoms with Crippen molar-refractivity contribution in [1.29, 1.82) is 0 Å². The summed E-state index contributed by atoms with van der Waals surface area (Å²) in [6.45, 7) is 3.10. The molecule has 0 saturated heterocycles. The number of fused-ring (bicyclic) bond motifs is 1. The first-order valence-corrected chi connectivity index (χ1v) is 4.88. The first kappa shape index (κ1) is 9.06. The van der Waals surface area contributed by atoms with Crippen molar-refractivity contribution in [2.75, 3.05) is 18.5 Å². The molecule has 0 aliphatic carbocycles. The summed E-state index contributed by atoms with van der Waals surface area (Å²) in [7, 11) is 1.99. The Labute approximate surface area is 83.3 Å². The number of oxazole rings is 1. The summed E-state index contributed by atoms with van der Waals surface area (Å²) in [5.74, 6) is 0. The van der Waals surface area contributed by atoms with E-state index in [0.29, 0.717) is 6.01 Å². The molecule has 1 heterocycles. The zero-order chi connectivity index (χ0) is 9.97. The van der Waals surface area contributed by atoms with Gasteiger partial charge >= 0.3 is 0 Å². The van der Waals surface area contributed by atoms with E-state index in [1.165, 1.54) is 0 Å². The Morgan fingerprint density at radius 2 is 2.14 bits per heavy atom. The van der Waals surface area contributed by atoms with E-state index >= 15 is 0 Å². The molecule has 1 aromatic heterocycles. The minimum absolute atomic E-state index is 0.702. The van der Waals surface area contributed by atoms with Gasteiger partial charge in [0.15, 0.2) is 5.58 Å². The highest BCUT2D eigenvalue weighted by molar-refractivity contribution is 5.74. The van der Waals surface area contributed by atoms with Crippen LogP contribution < -0.4 is 4.90 Å². The molecular weight excluding hydrogens is 176 g/mol. The molecule has 2 aromatic rings. The monoisotopic (exact) mass is 190 g/mol. The predicted octanol–water partition coefficient (Wildman–Crippen LogP) is 2.67. The first-order valence-electron chi connectivity index (χ1n) is 4.88. The van der Waals surface area contributed by atoms with Crippen LogP contribution >= 0.6 is 0 Å². The molecule has 0 bridgehead atoms. The minimum atomic E-state index is 0.702. The molecule has 0 radical (unpaired) electrons. The zero-order valence-corrected chi connectivity index (χ0v) is 8.53. The van der Waals surface area contributed by atoms with Crippen LogP contribution in [0.5, 0.6) is 0 Å². The Morgan fingerprint density at radius 1 is 1.36 bits per heavy atom. The molecule has 3 nitrogen and oxygen atoms in total. The number of anilines is 1. The quantitative estimate of drug-likeness (QED) is 0.745. The van der Waals surface area contributed by atoms with Gasteiger partial charge in [0.05, 0.1) is 0 Å². The third-order valence-corrected chi connectivity index (χ3v) is 2.17. The maximum atomic E-state index is 5.60. The van der Waals surface area contributed by atoms with Crippen molar-refractivity contribution in [3.05, 3.63) is 24.3 Å². The average Bonchev–Trinajstić information content (AvgIpc) is 2.61. The molecule has 3 heteroatoms. The van der Waals surface area contributed by atoms with Crippen LogP contribution in [0.15, 0.2) is 28.7 Å². The van der Waals surface area contributed by atoms with Gasteiger partial charge in [-0.25, -0.2) is 0 Å². The van der Waals surface area contributed by atoms with Crippen molar-refractivity contribution in [2.45, 2.75) is 13.3 Å². The SMILES string of the molecule is CCCN(C)c1nc2ccccc2o1. The van der Waals surface area contributed by atoms with Gasteiger partial charge in [0, 0.05) is 13.6 Å². The van der Waals surface area contributed by atoms with E-state index < -0.39 is 0 Å². The lowest BCUT2D eigenvalue weighted by Gasteiger charge is -2.11. The van der Waals surface area contributed by atoms with Gasteiger partial charge in [0.25, 0.3) is 6.01 Å². The Balaban J connectivity index is 2.35. The number of nitrogens with zero attached hydrogens (tertiary/aromatic N) is 2. The summed E-state index contributed by atoms with van der Waals surface area (Å²) in [6.07, 6.45) is 1.09. The molecule has 0 aliphatic rings. The van der Waals surface area contributed by atoms with E-state index in [4.69, 9.17) is 4.42 Å². The average molecular weight is 190 g/mol. The fraction of sp³-hybridized carbons (Fsp3) is 0.364. The Hall–Kier alpha value is -1.51. The summed E-state index contributed by atoms with van der Waals surface area (Å²) in [4.78, 5) is 6.42. The van der Waals surface area contributed by atoms with E-state index in [-0.39, 0.29) is 0 Å². The fourth-order valence-corrected chi connectivity index (χ4v) is 1.45. The summed E-state index contributed by atoms with van der Waals surface area (Å²) in [5, 5.41) is 0. The smallest absolute Gasteiger partial charge is 0.298 e. The Kier molecular flexibility index (Phi) is 2.39. The van der Waals surface area contributed by atoms with Crippen LogP contribution in [0.2, 0.25) is 0 Å². The third-order valence-electron chi connectivity index (χ3n) is 2.17. The van der Waals surface area contributed by atoms with E-state index in [1.807, 2.05) is 36.2 Å². The maximum absolute atomic E-state index is 5.60. The van der Waals surface area contributed by atoms with Gasteiger partial charge in [0.2, 0.25) is 0 Å². The van der Waals surface area contributed by atoms with Crippen LogP contribution in [0.25, 0.3) is 11.1 Å².